The van der Waals surface area contributed by atoms with Gasteiger partial charge in [0.05, 0.1) is 17.6 Å². The minimum absolute atomic E-state index is 0.323. The maximum atomic E-state index is 13.2. The van der Waals surface area contributed by atoms with Crippen LogP contribution in [0.4, 0.5) is 0 Å². The second-order valence-corrected chi connectivity index (χ2v) is 8.44. The molecule has 5 aromatic rings. The van der Waals surface area contributed by atoms with Crippen molar-refractivity contribution in [3.8, 4) is 0 Å². The molecule has 0 saturated carbocycles. The van der Waals surface area contributed by atoms with E-state index in [1.54, 1.807) is 65.3 Å². The van der Waals surface area contributed by atoms with E-state index < -0.39 is 12.1 Å². The van der Waals surface area contributed by atoms with Crippen molar-refractivity contribution in [3.05, 3.63) is 130 Å². The van der Waals surface area contributed by atoms with Gasteiger partial charge in [-0.25, -0.2) is 9.48 Å². The average Bonchev–Trinajstić information content (AvgIpc) is 3.31. The molecule has 7 heteroatoms. The fourth-order valence-electron chi connectivity index (χ4n) is 3.79. The lowest BCUT2D eigenvalue weighted by Gasteiger charge is -2.18. The van der Waals surface area contributed by atoms with E-state index in [4.69, 9.17) is 16.3 Å². The monoisotopic (exact) mass is 481 g/mol. The summed E-state index contributed by atoms with van der Waals surface area (Å²) < 4.78 is 7.53. The summed E-state index contributed by atoms with van der Waals surface area (Å²) in [5, 5.41) is 8.89. The number of ether oxygens (including phenoxy) is 1. The second kappa shape index (κ2) is 9.91. The normalized spacial score (nSPS) is 11.8. The summed E-state index contributed by atoms with van der Waals surface area (Å²) in [6, 6.07) is 30.3. The van der Waals surface area contributed by atoms with Gasteiger partial charge in [0.1, 0.15) is 5.52 Å². The molecule has 0 fully saturated rings. The molecule has 0 unspecified atom stereocenters. The van der Waals surface area contributed by atoms with Crippen LogP contribution in [0, 0.1) is 0 Å². The Morgan fingerprint density at radius 3 is 2.20 bits per heavy atom. The lowest BCUT2D eigenvalue weighted by molar-refractivity contribution is 0.0280. The lowest BCUT2D eigenvalue weighted by atomic mass is 9.99. The molecule has 0 spiro atoms. The molecule has 4 aromatic carbocycles. The van der Waals surface area contributed by atoms with Crippen LogP contribution in [0.1, 0.15) is 37.9 Å². The van der Waals surface area contributed by atoms with E-state index in [-0.39, 0.29) is 5.78 Å². The lowest BCUT2D eigenvalue weighted by Crippen LogP contribution is -2.20. The van der Waals surface area contributed by atoms with Crippen molar-refractivity contribution in [2.75, 3.05) is 0 Å². The average molecular weight is 482 g/mol. The number of benzene rings is 4. The Bertz CT molecular complexity index is 1480. The minimum atomic E-state index is -1.08. The van der Waals surface area contributed by atoms with E-state index in [9.17, 15) is 9.59 Å². The molecule has 6 nitrogen and oxygen atoms in total. The number of hydrogen-bond donors (Lipinski definition) is 0. The molecule has 0 N–H and O–H groups in total. The van der Waals surface area contributed by atoms with Gasteiger partial charge in [0.15, 0.2) is 6.10 Å². The quantitative estimate of drug-likeness (QED) is 0.213. The SMILES string of the molecule is O=C(O[C@@H](C(=O)c1ccc(Cl)cc1)c1ccccc1)c1ccc(Cn2nnc3ccccc32)cc1. The number of hydrogen-bond acceptors (Lipinski definition) is 5. The van der Waals surface area contributed by atoms with Crippen molar-refractivity contribution in [2.45, 2.75) is 12.6 Å². The topological polar surface area (TPSA) is 74.1 Å². The number of fused-ring (bicyclic) bond motifs is 1. The molecule has 35 heavy (non-hydrogen) atoms. The summed E-state index contributed by atoms with van der Waals surface area (Å²) >= 11 is 5.96. The fraction of sp³-hybridized carbons (Fsp3) is 0.0714. The number of carbonyl (C=O) groups is 2. The van der Waals surface area contributed by atoms with Crippen molar-refractivity contribution in [3.63, 3.8) is 0 Å². The third kappa shape index (κ3) is 4.98. The Morgan fingerprint density at radius 1 is 0.800 bits per heavy atom. The first-order chi connectivity index (χ1) is 17.1. The summed E-state index contributed by atoms with van der Waals surface area (Å²) in [5.41, 5.74) is 4.06. The van der Waals surface area contributed by atoms with Gasteiger partial charge < -0.3 is 4.74 Å². The summed E-state index contributed by atoms with van der Waals surface area (Å²) in [6.07, 6.45) is -1.08. The zero-order chi connectivity index (χ0) is 24.2. The predicted octanol–water partition coefficient (Wildman–Crippen LogP) is 5.91. The van der Waals surface area contributed by atoms with Crippen molar-refractivity contribution < 1.29 is 14.3 Å². The molecule has 172 valence electrons. The number of aromatic nitrogens is 3. The van der Waals surface area contributed by atoms with Crippen LogP contribution in [0.3, 0.4) is 0 Å². The number of rotatable bonds is 7. The van der Waals surface area contributed by atoms with Crippen molar-refractivity contribution >= 4 is 34.4 Å². The smallest absolute Gasteiger partial charge is 0.339 e. The molecule has 5 rings (SSSR count). The van der Waals surface area contributed by atoms with Crippen LogP contribution in [-0.4, -0.2) is 26.7 Å². The van der Waals surface area contributed by atoms with Gasteiger partial charge in [-0.1, -0.05) is 71.4 Å². The molecular formula is C28H20ClN3O3. The zero-order valence-corrected chi connectivity index (χ0v) is 19.3. The summed E-state index contributed by atoms with van der Waals surface area (Å²) in [5.74, 6) is -0.908. The first-order valence-electron chi connectivity index (χ1n) is 11.0. The van der Waals surface area contributed by atoms with Crippen molar-refractivity contribution in [1.29, 1.82) is 0 Å². The highest BCUT2D eigenvalue weighted by atomic mass is 35.5. The predicted molar refractivity (Wildman–Crippen MR) is 133 cm³/mol. The van der Waals surface area contributed by atoms with E-state index in [0.29, 0.717) is 28.3 Å². The van der Waals surface area contributed by atoms with Crippen LogP contribution in [0.25, 0.3) is 11.0 Å². The molecule has 0 aliphatic heterocycles. The van der Waals surface area contributed by atoms with Crippen molar-refractivity contribution in [2.24, 2.45) is 0 Å². The molecule has 0 aliphatic rings. The molecule has 0 aliphatic carbocycles. The Labute approximate surface area is 206 Å². The third-order valence-electron chi connectivity index (χ3n) is 5.64. The van der Waals surface area contributed by atoms with E-state index in [1.807, 2.05) is 42.5 Å². The van der Waals surface area contributed by atoms with Gasteiger partial charge in [0.2, 0.25) is 5.78 Å². The van der Waals surface area contributed by atoms with Crippen LogP contribution in [0.15, 0.2) is 103 Å². The Morgan fingerprint density at radius 2 is 1.46 bits per heavy atom. The van der Waals surface area contributed by atoms with Crippen LogP contribution < -0.4 is 0 Å². The van der Waals surface area contributed by atoms with E-state index in [0.717, 1.165) is 16.6 Å². The number of Topliss-reactive ketones (excluding diaryl/α,β-unsaturated/α-hetero) is 1. The number of para-hydroxylation sites is 1. The number of nitrogens with zero attached hydrogens (tertiary/aromatic N) is 3. The zero-order valence-electron chi connectivity index (χ0n) is 18.5. The van der Waals surface area contributed by atoms with Crippen LogP contribution in [0.5, 0.6) is 0 Å². The number of ketones is 1. The van der Waals surface area contributed by atoms with Gasteiger partial charge in [-0.05, 0) is 54.1 Å². The molecule has 0 bridgehead atoms. The standard InChI is InChI=1S/C28H20ClN3O3/c29-23-16-14-20(15-17-23)26(33)27(21-6-2-1-3-7-21)35-28(34)22-12-10-19(11-13-22)18-32-25-9-5-4-8-24(25)30-31-32/h1-17,27H,18H2/t27-/m1/s1. The third-order valence-corrected chi connectivity index (χ3v) is 5.89. The van der Waals surface area contributed by atoms with Gasteiger partial charge in [0, 0.05) is 16.1 Å². The van der Waals surface area contributed by atoms with Gasteiger partial charge in [0.25, 0.3) is 0 Å². The van der Waals surface area contributed by atoms with Crippen molar-refractivity contribution in [1.82, 2.24) is 15.0 Å². The molecule has 0 saturated heterocycles. The van der Waals surface area contributed by atoms with Crippen LogP contribution >= 0.6 is 11.6 Å². The maximum Gasteiger partial charge on any atom is 0.339 e. The molecule has 1 heterocycles. The maximum absolute atomic E-state index is 13.2. The second-order valence-electron chi connectivity index (χ2n) is 8.00. The van der Waals surface area contributed by atoms with E-state index in [1.165, 1.54) is 0 Å². The number of carbonyl (C=O) groups excluding carboxylic acids is 2. The number of esters is 1. The van der Waals surface area contributed by atoms with Gasteiger partial charge in [-0.3, -0.25) is 4.79 Å². The first kappa shape index (κ1) is 22.5. The highest BCUT2D eigenvalue weighted by Gasteiger charge is 2.26. The first-order valence-corrected chi connectivity index (χ1v) is 11.4. The largest absolute Gasteiger partial charge is 0.445 e. The molecule has 1 atom stereocenters. The molecule has 0 amide bonds. The van der Waals surface area contributed by atoms with Gasteiger partial charge in [-0.2, -0.15) is 0 Å². The van der Waals surface area contributed by atoms with Crippen LogP contribution in [0.2, 0.25) is 5.02 Å². The van der Waals surface area contributed by atoms with Gasteiger partial charge >= 0.3 is 5.97 Å². The fourth-order valence-corrected chi connectivity index (χ4v) is 3.92. The summed E-state index contributed by atoms with van der Waals surface area (Å²) in [4.78, 5) is 26.2. The Hall–Kier alpha value is -4.29. The van der Waals surface area contributed by atoms with E-state index in [2.05, 4.69) is 10.3 Å². The van der Waals surface area contributed by atoms with Gasteiger partial charge in [-0.15, -0.1) is 5.10 Å². The summed E-state index contributed by atoms with van der Waals surface area (Å²) in [6.45, 7) is 0.511. The minimum Gasteiger partial charge on any atom is -0.445 e. The number of halogens is 1. The highest BCUT2D eigenvalue weighted by molar-refractivity contribution is 6.30. The van der Waals surface area contributed by atoms with E-state index >= 15 is 0 Å². The molecular weight excluding hydrogens is 462 g/mol. The Kier molecular flexibility index (Phi) is 6.37. The molecule has 0 radical (unpaired) electrons. The summed E-state index contributed by atoms with van der Waals surface area (Å²) in [7, 11) is 0. The Balaban J connectivity index is 1.35. The highest BCUT2D eigenvalue weighted by Crippen LogP contribution is 2.25. The molecule has 1 aromatic heterocycles. The van der Waals surface area contributed by atoms with Crippen LogP contribution in [-0.2, 0) is 11.3 Å².